The Labute approximate surface area is 158 Å². The van der Waals surface area contributed by atoms with Crippen LogP contribution in [0.4, 0.5) is 5.82 Å². The van der Waals surface area contributed by atoms with Crippen molar-refractivity contribution >= 4 is 34.8 Å². The van der Waals surface area contributed by atoms with Crippen LogP contribution in [0.25, 0.3) is 22.2 Å². The zero-order chi connectivity index (χ0) is 18.8. The normalized spacial score (nSPS) is 12.5. The van der Waals surface area contributed by atoms with Crippen LogP contribution in [0, 0.1) is 19.3 Å². The number of benzene rings is 1. The van der Waals surface area contributed by atoms with Gasteiger partial charge in [-0.1, -0.05) is 29.7 Å². The zero-order valence-electron chi connectivity index (χ0n) is 15.2. The highest BCUT2D eigenvalue weighted by Crippen LogP contribution is 2.37. The molecule has 3 rings (SSSR count). The smallest absolute Gasteiger partial charge is 0.167 e. The first-order chi connectivity index (χ1) is 12.4. The maximum atomic E-state index is 6.05. The van der Waals surface area contributed by atoms with Crippen LogP contribution < -0.4 is 0 Å². The SMILES string of the molecule is C#CC(C)n1cc(-c2ccc(Cl)cc2)c2c(/N=C/N(C)C)nc(C)nc21. The highest BCUT2D eigenvalue weighted by Gasteiger charge is 2.19. The Morgan fingerprint density at radius 2 is 1.96 bits per heavy atom. The fourth-order valence-corrected chi connectivity index (χ4v) is 2.85. The van der Waals surface area contributed by atoms with Crippen molar-refractivity contribution < 1.29 is 0 Å². The average molecular weight is 366 g/mol. The fraction of sp³-hybridized carbons (Fsp3) is 0.250. The predicted molar refractivity (Wildman–Crippen MR) is 108 cm³/mol. The highest BCUT2D eigenvalue weighted by atomic mass is 35.5. The Hall–Kier alpha value is -2.84. The van der Waals surface area contributed by atoms with Crippen molar-refractivity contribution in [1.29, 1.82) is 0 Å². The molecule has 0 aliphatic heterocycles. The lowest BCUT2D eigenvalue weighted by molar-refractivity contribution is 0.643. The van der Waals surface area contributed by atoms with Crippen molar-refractivity contribution in [1.82, 2.24) is 19.4 Å². The number of fused-ring (bicyclic) bond motifs is 1. The second-order valence-electron chi connectivity index (χ2n) is 6.30. The van der Waals surface area contributed by atoms with Crippen LogP contribution in [0.5, 0.6) is 0 Å². The standard InChI is InChI=1S/C20H20ClN5/c1-6-13(2)26-11-17(15-7-9-16(21)10-8-15)18-19(22-12-25(4)5)23-14(3)24-20(18)26/h1,7-13H,2-5H3/b22-12+. The van der Waals surface area contributed by atoms with Gasteiger partial charge in [0.15, 0.2) is 5.82 Å². The largest absolute Gasteiger partial charge is 0.369 e. The van der Waals surface area contributed by atoms with E-state index >= 15 is 0 Å². The van der Waals surface area contributed by atoms with Crippen LogP contribution in [0.15, 0.2) is 35.5 Å². The second kappa shape index (κ2) is 7.19. The van der Waals surface area contributed by atoms with Gasteiger partial charge < -0.3 is 9.47 Å². The van der Waals surface area contributed by atoms with Crippen molar-refractivity contribution in [3.63, 3.8) is 0 Å². The molecule has 1 unspecified atom stereocenters. The molecule has 2 aromatic heterocycles. The van der Waals surface area contributed by atoms with Gasteiger partial charge in [-0.25, -0.2) is 15.0 Å². The lowest BCUT2D eigenvalue weighted by Crippen LogP contribution is -2.07. The van der Waals surface area contributed by atoms with E-state index in [0.29, 0.717) is 16.7 Å². The molecule has 0 N–H and O–H groups in total. The maximum absolute atomic E-state index is 6.05. The zero-order valence-corrected chi connectivity index (χ0v) is 16.0. The number of aromatic nitrogens is 3. The minimum absolute atomic E-state index is 0.140. The van der Waals surface area contributed by atoms with Crippen molar-refractivity contribution in [3.8, 4) is 23.5 Å². The van der Waals surface area contributed by atoms with E-state index in [4.69, 9.17) is 18.0 Å². The van der Waals surface area contributed by atoms with E-state index in [1.54, 1.807) is 6.34 Å². The fourth-order valence-electron chi connectivity index (χ4n) is 2.72. The quantitative estimate of drug-likeness (QED) is 0.389. The molecule has 0 bridgehead atoms. The summed E-state index contributed by atoms with van der Waals surface area (Å²) in [6, 6.07) is 7.53. The van der Waals surface area contributed by atoms with Crippen LogP contribution in [-0.4, -0.2) is 39.9 Å². The molecular weight excluding hydrogens is 346 g/mol. The van der Waals surface area contributed by atoms with Crippen molar-refractivity contribution in [2.45, 2.75) is 19.9 Å². The molecule has 132 valence electrons. The molecule has 26 heavy (non-hydrogen) atoms. The molecule has 0 aliphatic carbocycles. The summed E-state index contributed by atoms with van der Waals surface area (Å²) in [6.45, 7) is 3.82. The third kappa shape index (κ3) is 3.42. The Balaban J connectivity index is 2.36. The first-order valence-corrected chi connectivity index (χ1v) is 8.60. The summed E-state index contributed by atoms with van der Waals surface area (Å²) in [5.41, 5.74) is 2.76. The summed E-state index contributed by atoms with van der Waals surface area (Å²) in [7, 11) is 3.83. The number of aliphatic imine (C=N–C) groups is 1. The van der Waals surface area contributed by atoms with Crippen molar-refractivity contribution in [2.24, 2.45) is 4.99 Å². The van der Waals surface area contributed by atoms with E-state index in [2.05, 4.69) is 20.9 Å². The lowest BCUT2D eigenvalue weighted by Gasteiger charge is -2.08. The number of hydrogen-bond acceptors (Lipinski definition) is 3. The predicted octanol–water partition coefficient (Wildman–Crippen LogP) is 4.48. The minimum atomic E-state index is -0.140. The molecule has 0 aliphatic rings. The molecular formula is C20H20ClN5. The van der Waals surface area contributed by atoms with Crippen molar-refractivity contribution in [2.75, 3.05) is 14.1 Å². The second-order valence-corrected chi connectivity index (χ2v) is 6.74. The summed E-state index contributed by atoms with van der Waals surface area (Å²) in [5.74, 6) is 4.04. The molecule has 1 aromatic carbocycles. The van der Waals surface area contributed by atoms with Gasteiger partial charge in [0.25, 0.3) is 0 Å². The van der Waals surface area contributed by atoms with Gasteiger partial charge in [0.05, 0.1) is 17.8 Å². The number of nitrogens with zero attached hydrogens (tertiary/aromatic N) is 5. The number of rotatable bonds is 4. The van der Waals surface area contributed by atoms with Gasteiger partial charge >= 0.3 is 0 Å². The molecule has 6 heteroatoms. The number of terminal acetylenes is 1. The molecule has 1 atom stereocenters. The summed E-state index contributed by atoms with van der Waals surface area (Å²) < 4.78 is 1.99. The topological polar surface area (TPSA) is 46.3 Å². The van der Waals surface area contributed by atoms with Gasteiger partial charge in [-0.2, -0.15) is 0 Å². The molecule has 0 saturated heterocycles. The van der Waals surface area contributed by atoms with Gasteiger partial charge in [-0.05, 0) is 31.5 Å². The summed E-state index contributed by atoms with van der Waals surface area (Å²) >= 11 is 6.05. The molecule has 0 fully saturated rings. The van der Waals surface area contributed by atoms with Crippen LogP contribution >= 0.6 is 11.6 Å². The van der Waals surface area contributed by atoms with Crippen LogP contribution in [0.1, 0.15) is 18.8 Å². The molecule has 3 aromatic rings. The van der Waals surface area contributed by atoms with Gasteiger partial charge in [-0.3, -0.25) is 0 Å². The molecule has 0 amide bonds. The van der Waals surface area contributed by atoms with Gasteiger partial charge in [-0.15, -0.1) is 6.42 Å². The number of halogens is 1. The summed E-state index contributed by atoms with van der Waals surface area (Å²) in [6.07, 6.45) is 9.42. The van der Waals surface area contributed by atoms with Crippen LogP contribution in [-0.2, 0) is 0 Å². The van der Waals surface area contributed by atoms with E-state index in [9.17, 15) is 0 Å². The molecule has 0 radical (unpaired) electrons. The summed E-state index contributed by atoms with van der Waals surface area (Å²) in [4.78, 5) is 15.6. The average Bonchev–Trinajstić information content (AvgIpc) is 2.99. The van der Waals surface area contributed by atoms with E-state index < -0.39 is 0 Å². The van der Waals surface area contributed by atoms with Crippen LogP contribution in [0.2, 0.25) is 5.02 Å². The minimum Gasteiger partial charge on any atom is -0.369 e. The van der Waals surface area contributed by atoms with E-state index in [1.807, 2.05) is 67.9 Å². The Morgan fingerprint density at radius 3 is 2.58 bits per heavy atom. The van der Waals surface area contributed by atoms with Gasteiger partial charge in [0.2, 0.25) is 0 Å². The highest BCUT2D eigenvalue weighted by molar-refractivity contribution is 6.30. The van der Waals surface area contributed by atoms with Crippen molar-refractivity contribution in [3.05, 3.63) is 41.3 Å². The molecule has 0 saturated carbocycles. The number of hydrogen-bond donors (Lipinski definition) is 0. The third-order valence-corrected chi connectivity index (χ3v) is 4.24. The molecule has 5 nitrogen and oxygen atoms in total. The Bertz CT molecular complexity index is 1010. The summed E-state index contributed by atoms with van der Waals surface area (Å²) in [5, 5.41) is 1.56. The number of aryl methyl sites for hydroxylation is 1. The van der Waals surface area contributed by atoms with E-state index in [1.165, 1.54) is 0 Å². The first kappa shape index (κ1) is 18.0. The van der Waals surface area contributed by atoms with Crippen LogP contribution in [0.3, 0.4) is 0 Å². The van der Waals surface area contributed by atoms with E-state index in [-0.39, 0.29) is 6.04 Å². The third-order valence-electron chi connectivity index (χ3n) is 3.99. The maximum Gasteiger partial charge on any atom is 0.167 e. The Kier molecular flexibility index (Phi) is 4.97. The molecule has 2 heterocycles. The lowest BCUT2D eigenvalue weighted by atomic mass is 10.1. The van der Waals surface area contributed by atoms with E-state index in [0.717, 1.165) is 22.2 Å². The first-order valence-electron chi connectivity index (χ1n) is 8.22. The monoisotopic (exact) mass is 365 g/mol. The molecule has 0 spiro atoms. The Morgan fingerprint density at radius 1 is 1.27 bits per heavy atom. The van der Waals surface area contributed by atoms with Gasteiger partial charge in [0, 0.05) is 30.9 Å². The van der Waals surface area contributed by atoms with Gasteiger partial charge in [0.1, 0.15) is 11.5 Å².